The second kappa shape index (κ2) is 12.8. The highest BCUT2D eigenvalue weighted by molar-refractivity contribution is 7.13. The maximum atomic E-state index is 13.8. The number of aryl methyl sites for hydroxylation is 1. The van der Waals surface area contributed by atoms with Crippen LogP contribution in [0.5, 0.6) is 0 Å². The van der Waals surface area contributed by atoms with E-state index in [0.29, 0.717) is 32.5 Å². The highest BCUT2D eigenvalue weighted by Crippen LogP contribution is 2.36. The molecular weight excluding hydrogens is 498 g/mol. The number of nitrogens with zero attached hydrogens (tertiary/aromatic N) is 1. The SMILES string of the molecule is CCOC(C)(C)CCN[C@H](C(=O)C1C[C@H](O)C[C@H]1C(=O)NCc1ccc(-c2scnc2C)cc1)C(C)(C)C. The molecule has 4 atom stereocenters. The number of rotatable bonds is 12. The van der Waals surface area contributed by atoms with Gasteiger partial charge < -0.3 is 20.5 Å². The van der Waals surface area contributed by atoms with Crippen molar-refractivity contribution in [2.45, 2.75) is 92.0 Å². The van der Waals surface area contributed by atoms with Gasteiger partial charge in [-0.1, -0.05) is 45.0 Å². The van der Waals surface area contributed by atoms with Gasteiger partial charge in [-0.15, -0.1) is 11.3 Å². The molecule has 1 amide bonds. The van der Waals surface area contributed by atoms with Crippen molar-refractivity contribution in [2.75, 3.05) is 13.2 Å². The van der Waals surface area contributed by atoms with Crippen molar-refractivity contribution in [1.29, 1.82) is 0 Å². The van der Waals surface area contributed by atoms with Crippen molar-refractivity contribution >= 4 is 23.0 Å². The Bertz CT molecular complexity index is 1070. The van der Waals surface area contributed by atoms with Crippen LogP contribution in [0, 0.1) is 24.2 Å². The van der Waals surface area contributed by atoms with Gasteiger partial charge in [0, 0.05) is 19.1 Å². The summed E-state index contributed by atoms with van der Waals surface area (Å²) in [6.45, 7) is 15.8. The number of carbonyl (C=O) groups excluding carboxylic acids is 2. The first-order valence-electron chi connectivity index (χ1n) is 13.7. The molecule has 3 rings (SSSR count). The first-order valence-corrected chi connectivity index (χ1v) is 14.6. The number of hydrogen-bond donors (Lipinski definition) is 3. The van der Waals surface area contributed by atoms with Crippen LogP contribution in [0.15, 0.2) is 29.8 Å². The molecule has 0 spiro atoms. The van der Waals surface area contributed by atoms with Crippen molar-refractivity contribution in [3.63, 3.8) is 0 Å². The van der Waals surface area contributed by atoms with Gasteiger partial charge in [0.25, 0.3) is 0 Å². The van der Waals surface area contributed by atoms with Crippen LogP contribution in [-0.2, 0) is 20.9 Å². The fraction of sp³-hybridized carbons (Fsp3) is 0.633. The van der Waals surface area contributed by atoms with Crippen LogP contribution in [0.25, 0.3) is 10.4 Å². The molecule has 1 unspecified atom stereocenters. The molecule has 1 aliphatic rings. The van der Waals surface area contributed by atoms with Gasteiger partial charge in [-0.3, -0.25) is 9.59 Å². The van der Waals surface area contributed by atoms with Gasteiger partial charge in [0.15, 0.2) is 5.78 Å². The van der Waals surface area contributed by atoms with Crippen molar-refractivity contribution < 1.29 is 19.4 Å². The summed E-state index contributed by atoms with van der Waals surface area (Å²) in [4.78, 5) is 32.5. The molecule has 1 aromatic heterocycles. The minimum atomic E-state index is -0.654. The van der Waals surface area contributed by atoms with Crippen LogP contribution in [0.4, 0.5) is 0 Å². The monoisotopic (exact) mass is 543 g/mol. The van der Waals surface area contributed by atoms with Gasteiger partial charge in [0.2, 0.25) is 5.91 Å². The Hall–Kier alpha value is -2.13. The molecule has 1 fully saturated rings. The van der Waals surface area contributed by atoms with Gasteiger partial charge in [0.1, 0.15) is 0 Å². The third-order valence-corrected chi connectivity index (χ3v) is 8.41. The summed E-state index contributed by atoms with van der Waals surface area (Å²) in [5.74, 6) is -1.22. The van der Waals surface area contributed by atoms with E-state index in [2.05, 4.69) is 15.6 Å². The second-order valence-electron chi connectivity index (χ2n) is 12.1. The second-order valence-corrected chi connectivity index (χ2v) is 13.0. The number of nitrogens with one attached hydrogen (secondary N) is 2. The van der Waals surface area contributed by atoms with Crippen LogP contribution in [-0.4, -0.2) is 52.7 Å². The van der Waals surface area contributed by atoms with Crippen LogP contribution in [0.3, 0.4) is 0 Å². The molecule has 0 saturated heterocycles. The Kier molecular flexibility index (Phi) is 10.3. The Balaban J connectivity index is 1.63. The number of aliphatic hydroxyl groups is 1. The summed E-state index contributed by atoms with van der Waals surface area (Å²) >= 11 is 1.61. The molecule has 3 N–H and O–H groups in total. The van der Waals surface area contributed by atoms with E-state index in [4.69, 9.17) is 4.74 Å². The fourth-order valence-corrected chi connectivity index (χ4v) is 6.13. The molecule has 7 nitrogen and oxygen atoms in total. The number of aliphatic hydroxyl groups excluding tert-OH is 1. The van der Waals surface area contributed by atoms with E-state index < -0.39 is 24.0 Å². The number of ketones is 1. The van der Waals surface area contributed by atoms with Gasteiger partial charge in [-0.2, -0.15) is 0 Å². The van der Waals surface area contributed by atoms with E-state index in [1.165, 1.54) is 0 Å². The maximum absolute atomic E-state index is 13.8. The van der Waals surface area contributed by atoms with Gasteiger partial charge in [-0.05, 0) is 70.0 Å². The van der Waals surface area contributed by atoms with E-state index >= 15 is 0 Å². The number of hydrogen-bond acceptors (Lipinski definition) is 7. The average Bonchev–Trinajstić information content (AvgIpc) is 3.45. The van der Waals surface area contributed by atoms with Crippen molar-refractivity contribution in [1.82, 2.24) is 15.6 Å². The molecule has 210 valence electrons. The molecule has 0 aliphatic heterocycles. The number of benzene rings is 1. The van der Waals surface area contributed by atoms with Crippen LogP contribution in [0.2, 0.25) is 0 Å². The summed E-state index contributed by atoms with van der Waals surface area (Å²) in [6, 6.07) is 7.67. The lowest BCUT2D eigenvalue weighted by Gasteiger charge is -2.34. The lowest BCUT2D eigenvalue weighted by atomic mass is 9.77. The van der Waals surface area contributed by atoms with Crippen molar-refractivity contribution in [3.8, 4) is 10.4 Å². The molecule has 8 heteroatoms. The minimum absolute atomic E-state index is 0.00713. The number of Topliss-reactive ketones (excluding diaryl/α,β-unsaturated/α-hetero) is 1. The highest BCUT2D eigenvalue weighted by Gasteiger charge is 2.46. The Morgan fingerprint density at radius 3 is 2.37 bits per heavy atom. The Morgan fingerprint density at radius 2 is 1.79 bits per heavy atom. The number of aromatic nitrogens is 1. The van der Waals surface area contributed by atoms with Crippen LogP contribution < -0.4 is 10.6 Å². The standard InChI is InChI=1S/C30H45N3O4S/c1-8-37-30(6,7)13-14-31-27(29(3,4)5)25(35)23-15-22(34)16-24(23)28(36)32-17-20-9-11-21(12-10-20)26-19(2)33-18-38-26/h9-12,18,22-24,27,31,34H,8,13-17H2,1-7H3,(H,32,36)/t22-,23?,24+,27+/m0/s1. The zero-order valence-corrected chi connectivity index (χ0v) is 24.8. The lowest BCUT2D eigenvalue weighted by molar-refractivity contribution is -0.135. The quantitative estimate of drug-likeness (QED) is 0.352. The summed E-state index contributed by atoms with van der Waals surface area (Å²) < 4.78 is 5.80. The summed E-state index contributed by atoms with van der Waals surface area (Å²) in [6.07, 6.45) is 0.733. The lowest BCUT2D eigenvalue weighted by Crippen LogP contribution is -2.51. The third kappa shape index (κ3) is 7.94. The topological polar surface area (TPSA) is 101 Å². The first kappa shape index (κ1) is 30.4. The number of carbonyl (C=O) groups is 2. The third-order valence-electron chi connectivity index (χ3n) is 7.43. The molecule has 38 heavy (non-hydrogen) atoms. The molecule has 1 saturated carbocycles. The van der Waals surface area contributed by atoms with Gasteiger partial charge in [-0.25, -0.2) is 4.98 Å². The molecule has 2 aromatic rings. The first-order chi connectivity index (χ1) is 17.8. The van der Waals surface area contributed by atoms with Gasteiger partial charge in [0.05, 0.1) is 39.7 Å². The van der Waals surface area contributed by atoms with Crippen molar-refractivity contribution in [2.24, 2.45) is 17.3 Å². The summed E-state index contributed by atoms with van der Waals surface area (Å²) in [7, 11) is 0. The van der Waals surface area contributed by atoms with E-state index in [-0.39, 0.29) is 22.7 Å². The Morgan fingerprint density at radius 1 is 1.13 bits per heavy atom. The summed E-state index contributed by atoms with van der Waals surface area (Å²) in [5, 5.41) is 16.9. The highest BCUT2D eigenvalue weighted by atomic mass is 32.1. The number of ether oxygens (including phenoxy) is 1. The van der Waals surface area contributed by atoms with Crippen LogP contribution >= 0.6 is 11.3 Å². The molecule has 1 aliphatic carbocycles. The maximum Gasteiger partial charge on any atom is 0.224 e. The zero-order valence-electron chi connectivity index (χ0n) is 24.0. The van der Waals surface area contributed by atoms with E-state index in [0.717, 1.165) is 28.1 Å². The fourth-order valence-electron chi connectivity index (χ4n) is 5.32. The predicted molar refractivity (Wildman–Crippen MR) is 153 cm³/mol. The van der Waals surface area contributed by atoms with Crippen LogP contribution in [0.1, 0.15) is 72.1 Å². The normalized spacial score (nSPS) is 20.9. The average molecular weight is 544 g/mol. The molecule has 1 heterocycles. The molecule has 0 radical (unpaired) electrons. The number of amides is 1. The van der Waals surface area contributed by atoms with Crippen molar-refractivity contribution in [3.05, 3.63) is 41.0 Å². The number of thiazole rings is 1. The minimum Gasteiger partial charge on any atom is -0.393 e. The molecule has 1 aromatic carbocycles. The smallest absolute Gasteiger partial charge is 0.224 e. The van der Waals surface area contributed by atoms with E-state index in [1.807, 2.05) is 78.2 Å². The summed E-state index contributed by atoms with van der Waals surface area (Å²) in [5.41, 5.74) is 4.32. The van der Waals surface area contributed by atoms with E-state index in [1.54, 1.807) is 11.3 Å². The molecule has 0 bridgehead atoms. The van der Waals surface area contributed by atoms with E-state index in [9.17, 15) is 14.7 Å². The predicted octanol–water partition coefficient (Wildman–Crippen LogP) is 4.90. The Labute approximate surface area is 231 Å². The largest absolute Gasteiger partial charge is 0.393 e. The van der Waals surface area contributed by atoms with Gasteiger partial charge >= 0.3 is 0 Å². The molecular formula is C30H45N3O4S. The zero-order chi connectivity index (χ0) is 28.1.